The molecule has 0 atom stereocenters. The van der Waals surface area contributed by atoms with E-state index in [9.17, 15) is 13.6 Å². The minimum Gasteiger partial charge on any atom is -0.481 e. The van der Waals surface area contributed by atoms with Crippen molar-refractivity contribution in [3.8, 4) is 6.07 Å². The van der Waals surface area contributed by atoms with Crippen LogP contribution in [0.5, 0.6) is 0 Å². The summed E-state index contributed by atoms with van der Waals surface area (Å²) >= 11 is 1.64. The predicted octanol–water partition coefficient (Wildman–Crippen LogP) is 2.12. The first kappa shape index (κ1) is 12.8. The third-order valence-corrected chi connectivity index (χ3v) is 2.60. The Morgan fingerprint density at radius 1 is 1.69 bits per heavy atom. The molecule has 0 aliphatic rings. The lowest BCUT2D eigenvalue weighted by atomic mass is 10.1. The summed E-state index contributed by atoms with van der Waals surface area (Å²) in [5.74, 6) is -1.14. The van der Waals surface area contributed by atoms with Gasteiger partial charge in [0.25, 0.3) is 6.43 Å². The number of aliphatic carboxylic acids is 1. The highest BCUT2D eigenvalue weighted by atomic mass is 127. The van der Waals surface area contributed by atoms with Gasteiger partial charge in [0, 0.05) is 9.13 Å². The predicted molar refractivity (Wildman–Crippen MR) is 58.0 cm³/mol. The molecule has 16 heavy (non-hydrogen) atoms. The van der Waals surface area contributed by atoms with Gasteiger partial charge in [0.2, 0.25) is 0 Å². The van der Waals surface area contributed by atoms with E-state index in [2.05, 4.69) is 4.98 Å². The lowest BCUT2D eigenvalue weighted by Gasteiger charge is -2.06. The van der Waals surface area contributed by atoms with E-state index in [-0.39, 0.29) is 14.8 Å². The number of rotatable bonds is 3. The summed E-state index contributed by atoms with van der Waals surface area (Å²) in [6.45, 7) is 0. The van der Waals surface area contributed by atoms with Gasteiger partial charge in [0.05, 0.1) is 6.42 Å². The Hall–Kier alpha value is -1.30. The van der Waals surface area contributed by atoms with Crippen LogP contribution in [0.2, 0.25) is 0 Å². The Bertz CT molecular complexity index is 471. The van der Waals surface area contributed by atoms with Gasteiger partial charge in [-0.1, -0.05) is 0 Å². The third-order valence-electron chi connectivity index (χ3n) is 1.74. The highest BCUT2D eigenvalue weighted by molar-refractivity contribution is 14.1. The number of hydrogen-bond donors (Lipinski definition) is 1. The van der Waals surface area contributed by atoms with E-state index in [1.807, 2.05) is 0 Å². The van der Waals surface area contributed by atoms with Gasteiger partial charge >= 0.3 is 5.97 Å². The van der Waals surface area contributed by atoms with Crippen molar-refractivity contribution in [2.24, 2.45) is 0 Å². The van der Waals surface area contributed by atoms with Crippen LogP contribution in [0, 0.1) is 14.9 Å². The van der Waals surface area contributed by atoms with Crippen molar-refractivity contribution in [3.63, 3.8) is 0 Å². The fraction of sp³-hybridized carbons (Fsp3) is 0.222. The summed E-state index contributed by atoms with van der Waals surface area (Å²) in [4.78, 5) is 13.9. The molecule has 1 aromatic heterocycles. The third kappa shape index (κ3) is 2.85. The Kier molecular flexibility index (Phi) is 4.12. The van der Waals surface area contributed by atoms with E-state index in [0.717, 1.165) is 0 Å². The van der Waals surface area contributed by atoms with Crippen molar-refractivity contribution in [1.29, 1.82) is 5.26 Å². The van der Waals surface area contributed by atoms with E-state index in [1.54, 1.807) is 28.7 Å². The molecule has 1 N–H and O–H groups in total. The lowest BCUT2D eigenvalue weighted by molar-refractivity contribution is -0.136. The standard InChI is InChI=1S/C9H5F2IN2O2/c10-9(11)8-5(12)1-4(2-7(15)16)6(3-13)14-8/h1,9H,2H2,(H,15,16). The van der Waals surface area contributed by atoms with Crippen LogP contribution in [0.15, 0.2) is 6.07 Å². The summed E-state index contributed by atoms with van der Waals surface area (Å²) in [5, 5.41) is 17.2. The monoisotopic (exact) mass is 338 g/mol. The van der Waals surface area contributed by atoms with Crippen molar-refractivity contribution in [2.75, 3.05) is 0 Å². The number of nitrogens with zero attached hydrogens (tertiary/aromatic N) is 2. The Morgan fingerprint density at radius 3 is 2.75 bits per heavy atom. The highest BCUT2D eigenvalue weighted by Crippen LogP contribution is 2.24. The minimum atomic E-state index is -2.78. The minimum absolute atomic E-state index is 0.142. The number of pyridine rings is 1. The van der Waals surface area contributed by atoms with Gasteiger partial charge in [-0.25, -0.2) is 13.8 Å². The molecule has 0 unspecified atom stereocenters. The van der Waals surface area contributed by atoms with Gasteiger partial charge in [-0.3, -0.25) is 4.79 Å². The second kappa shape index (κ2) is 5.16. The maximum absolute atomic E-state index is 12.4. The van der Waals surface area contributed by atoms with Crippen molar-refractivity contribution in [2.45, 2.75) is 12.8 Å². The molecule has 1 aromatic rings. The fourth-order valence-corrected chi connectivity index (χ4v) is 1.82. The van der Waals surface area contributed by atoms with Gasteiger partial charge in [-0.2, -0.15) is 5.26 Å². The molecule has 0 amide bonds. The van der Waals surface area contributed by atoms with Gasteiger partial charge in [-0.05, 0) is 28.7 Å². The zero-order valence-corrected chi connectivity index (χ0v) is 9.90. The lowest BCUT2D eigenvalue weighted by Crippen LogP contribution is -2.07. The van der Waals surface area contributed by atoms with Crippen LogP contribution in [0.3, 0.4) is 0 Å². The molecule has 0 bridgehead atoms. The topological polar surface area (TPSA) is 74.0 Å². The van der Waals surface area contributed by atoms with Crippen LogP contribution in [0.25, 0.3) is 0 Å². The van der Waals surface area contributed by atoms with Crippen LogP contribution in [-0.4, -0.2) is 16.1 Å². The maximum atomic E-state index is 12.4. The summed E-state index contributed by atoms with van der Waals surface area (Å²) in [7, 11) is 0. The highest BCUT2D eigenvalue weighted by Gasteiger charge is 2.18. The molecule has 0 aromatic carbocycles. The number of carboxylic acids is 1. The molecule has 0 aliphatic carbocycles. The first-order valence-corrected chi connectivity index (χ1v) is 5.13. The van der Waals surface area contributed by atoms with Crippen molar-refractivity contribution in [1.82, 2.24) is 4.98 Å². The SMILES string of the molecule is N#Cc1nc(C(F)F)c(I)cc1CC(=O)O. The average Bonchev–Trinajstić information content (AvgIpc) is 2.16. The Morgan fingerprint density at radius 2 is 2.31 bits per heavy atom. The van der Waals surface area contributed by atoms with Crippen molar-refractivity contribution >= 4 is 28.6 Å². The van der Waals surface area contributed by atoms with E-state index >= 15 is 0 Å². The normalized spacial score (nSPS) is 10.2. The molecule has 1 rings (SSSR count). The summed E-state index contributed by atoms with van der Waals surface area (Å²) in [5.41, 5.74) is -0.617. The quantitative estimate of drug-likeness (QED) is 0.857. The number of halogens is 3. The van der Waals surface area contributed by atoms with Crippen LogP contribution in [-0.2, 0) is 11.2 Å². The molecular formula is C9H5F2IN2O2. The van der Waals surface area contributed by atoms with Crippen LogP contribution in [0.4, 0.5) is 8.78 Å². The molecule has 7 heteroatoms. The van der Waals surface area contributed by atoms with Gasteiger partial charge in [0.15, 0.2) is 0 Å². The Labute approximate surface area is 103 Å². The van der Waals surface area contributed by atoms with Crippen LogP contribution in [0.1, 0.15) is 23.4 Å². The average molecular weight is 338 g/mol. The van der Waals surface area contributed by atoms with Gasteiger partial charge in [-0.15, -0.1) is 0 Å². The second-order valence-electron chi connectivity index (χ2n) is 2.85. The zero-order valence-electron chi connectivity index (χ0n) is 7.75. The Balaban J connectivity index is 3.27. The fourth-order valence-electron chi connectivity index (χ4n) is 1.09. The molecule has 0 saturated carbocycles. The van der Waals surface area contributed by atoms with Crippen molar-refractivity contribution < 1.29 is 18.7 Å². The molecule has 0 aliphatic heterocycles. The first-order valence-electron chi connectivity index (χ1n) is 4.05. The zero-order chi connectivity index (χ0) is 12.3. The number of carbonyl (C=O) groups is 1. The van der Waals surface area contributed by atoms with Crippen LogP contribution < -0.4 is 0 Å². The molecule has 4 nitrogen and oxygen atoms in total. The molecule has 0 radical (unpaired) electrons. The molecule has 84 valence electrons. The molecule has 0 fully saturated rings. The number of nitriles is 1. The van der Waals surface area contributed by atoms with Crippen LogP contribution >= 0.6 is 22.6 Å². The van der Waals surface area contributed by atoms with E-state index in [1.165, 1.54) is 6.07 Å². The number of alkyl halides is 2. The van der Waals surface area contributed by atoms with Crippen molar-refractivity contribution in [3.05, 3.63) is 26.6 Å². The van der Waals surface area contributed by atoms with E-state index in [0.29, 0.717) is 0 Å². The number of carboxylic acid groups (broad SMARTS) is 1. The largest absolute Gasteiger partial charge is 0.481 e. The number of hydrogen-bond acceptors (Lipinski definition) is 3. The summed E-state index contributed by atoms with van der Waals surface area (Å²) < 4.78 is 25.0. The molecule has 0 spiro atoms. The van der Waals surface area contributed by atoms with Gasteiger partial charge < -0.3 is 5.11 Å². The molecular weight excluding hydrogens is 333 g/mol. The molecule has 1 heterocycles. The summed E-state index contributed by atoms with van der Waals surface area (Å²) in [6.07, 6.45) is -3.19. The first-order chi connectivity index (χ1) is 7.45. The maximum Gasteiger partial charge on any atom is 0.307 e. The molecule has 0 saturated heterocycles. The number of aromatic nitrogens is 1. The smallest absolute Gasteiger partial charge is 0.307 e. The summed E-state index contributed by atoms with van der Waals surface area (Å²) in [6, 6.07) is 2.86. The van der Waals surface area contributed by atoms with E-state index in [4.69, 9.17) is 10.4 Å². The van der Waals surface area contributed by atoms with E-state index < -0.39 is 24.5 Å². The second-order valence-corrected chi connectivity index (χ2v) is 4.01. The van der Waals surface area contributed by atoms with Gasteiger partial charge in [0.1, 0.15) is 17.5 Å².